The van der Waals surface area contributed by atoms with Gasteiger partial charge in [-0.3, -0.25) is 9.69 Å². The van der Waals surface area contributed by atoms with E-state index in [-0.39, 0.29) is 5.91 Å². The number of aliphatic hydroxyl groups is 1. The van der Waals surface area contributed by atoms with Crippen molar-refractivity contribution >= 4 is 38.9 Å². The molecule has 1 aromatic heterocycles. The number of amides is 1. The zero-order valence-corrected chi connectivity index (χ0v) is 16.2. The van der Waals surface area contributed by atoms with Crippen LogP contribution in [0.1, 0.15) is 35.3 Å². The van der Waals surface area contributed by atoms with Crippen LogP contribution in [0.2, 0.25) is 0 Å². The zero-order chi connectivity index (χ0) is 17.3. The van der Waals surface area contributed by atoms with Gasteiger partial charge in [-0.05, 0) is 53.4 Å². The minimum atomic E-state index is -0.700. The number of thiophene rings is 1. The molecule has 0 fully saturated rings. The number of nitrogens with one attached hydrogen (secondary N) is 1. The Morgan fingerprint density at radius 1 is 1.42 bits per heavy atom. The van der Waals surface area contributed by atoms with Crippen molar-refractivity contribution in [2.75, 3.05) is 18.4 Å². The summed E-state index contributed by atoms with van der Waals surface area (Å²) < 4.78 is 0.825. The first kappa shape index (κ1) is 17.6. The number of hydrogen-bond donors (Lipinski definition) is 2. The summed E-state index contributed by atoms with van der Waals surface area (Å²) in [5.41, 5.74) is 3.27. The second-order valence-corrected chi connectivity index (χ2v) is 8.40. The smallest absolute Gasteiger partial charge is 0.257 e. The molecular formula is C18H21BrN2O2S. The van der Waals surface area contributed by atoms with E-state index < -0.39 is 5.60 Å². The van der Waals surface area contributed by atoms with Crippen molar-refractivity contribution in [3.05, 3.63) is 50.1 Å². The maximum atomic E-state index is 12.5. The molecule has 0 atom stereocenters. The summed E-state index contributed by atoms with van der Waals surface area (Å²) >= 11 is 4.91. The molecule has 0 radical (unpaired) electrons. The molecule has 0 unspecified atom stereocenters. The quantitative estimate of drug-likeness (QED) is 0.806. The van der Waals surface area contributed by atoms with Crippen molar-refractivity contribution in [2.45, 2.75) is 32.4 Å². The topological polar surface area (TPSA) is 52.6 Å². The Kier molecular flexibility index (Phi) is 5.11. The van der Waals surface area contributed by atoms with Gasteiger partial charge in [-0.2, -0.15) is 11.3 Å². The Labute approximate surface area is 154 Å². The summed E-state index contributed by atoms with van der Waals surface area (Å²) in [6.07, 6.45) is 0.868. The number of anilines is 1. The normalized spacial score (nSPS) is 15.2. The average Bonchev–Trinajstić information content (AvgIpc) is 2.92. The molecule has 1 aliphatic heterocycles. The van der Waals surface area contributed by atoms with E-state index in [9.17, 15) is 9.90 Å². The molecule has 1 aromatic carbocycles. The predicted octanol–water partition coefficient (Wildman–Crippen LogP) is 3.89. The lowest BCUT2D eigenvalue weighted by molar-refractivity contribution is 0.0318. The maximum Gasteiger partial charge on any atom is 0.257 e. The van der Waals surface area contributed by atoms with Crippen LogP contribution < -0.4 is 5.32 Å². The number of rotatable bonds is 4. The minimum Gasteiger partial charge on any atom is -0.389 e. The van der Waals surface area contributed by atoms with Crippen LogP contribution in [0.5, 0.6) is 0 Å². The van der Waals surface area contributed by atoms with Crippen LogP contribution in [0.3, 0.4) is 0 Å². The van der Waals surface area contributed by atoms with Crippen molar-refractivity contribution in [2.24, 2.45) is 0 Å². The number of carbonyl (C=O) groups is 1. The van der Waals surface area contributed by atoms with Crippen LogP contribution in [0.4, 0.5) is 5.69 Å². The molecule has 2 heterocycles. The van der Waals surface area contributed by atoms with Crippen LogP contribution >= 0.6 is 27.3 Å². The summed E-state index contributed by atoms with van der Waals surface area (Å²) in [6.45, 7) is 5.98. The average molecular weight is 409 g/mol. The van der Waals surface area contributed by atoms with E-state index in [1.54, 1.807) is 0 Å². The molecule has 0 saturated carbocycles. The van der Waals surface area contributed by atoms with E-state index in [0.29, 0.717) is 12.1 Å². The standard InChI is InChI=1S/C18H21BrN2O2S/c1-18(2,23)11-21-7-6-13-12(8-21)4-3-5-16(13)20-17(22)14-9-24-10-15(14)19/h3-5,9-10,23H,6-8,11H2,1-2H3,(H,20,22). The fourth-order valence-corrected chi connectivity index (χ4v) is 4.55. The van der Waals surface area contributed by atoms with Crippen LogP contribution in [0.25, 0.3) is 0 Å². The number of β-amino-alcohol motifs (C(OH)–C–C–N with tert-alkyl or cyclic N) is 1. The molecule has 0 spiro atoms. The molecule has 2 aromatic rings. The Hall–Kier alpha value is -1.21. The third kappa shape index (κ3) is 4.06. The van der Waals surface area contributed by atoms with Gasteiger partial charge >= 0.3 is 0 Å². The Bertz CT molecular complexity index is 752. The Balaban J connectivity index is 1.77. The minimum absolute atomic E-state index is 0.0875. The second-order valence-electron chi connectivity index (χ2n) is 6.80. The Morgan fingerprint density at radius 3 is 2.88 bits per heavy atom. The Morgan fingerprint density at radius 2 is 2.21 bits per heavy atom. The number of halogens is 1. The molecule has 1 aliphatic rings. The molecule has 0 saturated heterocycles. The molecule has 3 rings (SSSR count). The lowest BCUT2D eigenvalue weighted by Gasteiger charge is -2.33. The summed E-state index contributed by atoms with van der Waals surface area (Å²) in [5, 5.41) is 16.8. The van der Waals surface area contributed by atoms with Crippen molar-refractivity contribution in [3.63, 3.8) is 0 Å². The largest absolute Gasteiger partial charge is 0.389 e. The summed E-state index contributed by atoms with van der Waals surface area (Å²) in [7, 11) is 0. The lowest BCUT2D eigenvalue weighted by atomic mass is 9.96. The van der Waals surface area contributed by atoms with E-state index >= 15 is 0 Å². The SMILES string of the molecule is CC(C)(O)CN1CCc2c(cccc2NC(=O)c2cscc2Br)C1. The van der Waals surface area contributed by atoms with Gasteiger partial charge in [0.15, 0.2) is 0 Å². The highest BCUT2D eigenvalue weighted by molar-refractivity contribution is 9.10. The first-order valence-corrected chi connectivity index (χ1v) is 9.65. The summed E-state index contributed by atoms with van der Waals surface area (Å²) in [5.74, 6) is -0.0875. The van der Waals surface area contributed by atoms with E-state index in [4.69, 9.17) is 0 Å². The van der Waals surface area contributed by atoms with Crippen LogP contribution in [0.15, 0.2) is 33.4 Å². The highest BCUT2D eigenvalue weighted by atomic mass is 79.9. The van der Waals surface area contributed by atoms with Crippen molar-refractivity contribution in [1.82, 2.24) is 4.90 Å². The summed E-state index contributed by atoms with van der Waals surface area (Å²) in [4.78, 5) is 14.7. The van der Waals surface area contributed by atoms with Gasteiger partial charge < -0.3 is 10.4 Å². The molecule has 128 valence electrons. The van der Waals surface area contributed by atoms with Crippen LogP contribution in [0, 0.1) is 0 Å². The number of hydrogen-bond acceptors (Lipinski definition) is 4. The summed E-state index contributed by atoms with van der Waals surface area (Å²) in [6, 6.07) is 6.04. The van der Waals surface area contributed by atoms with E-state index in [2.05, 4.69) is 32.2 Å². The van der Waals surface area contributed by atoms with E-state index in [0.717, 1.165) is 29.7 Å². The van der Waals surface area contributed by atoms with Gasteiger partial charge in [0, 0.05) is 40.6 Å². The third-order valence-electron chi connectivity index (χ3n) is 4.06. The molecule has 6 heteroatoms. The van der Waals surface area contributed by atoms with Gasteiger partial charge in [0.1, 0.15) is 0 Å². The fraction of sp³-hybridized carbons (Fsp3) is 0.389. The van der Waals surface area contributed by atoms with Crippen molar-refractivity contribution < 1.29 is 9.90 Å². The highest BCUT2D eigenvalue weighted by Gasteiger charge is 2.24. The van der Waals surface area contributed by atoms with Gasteiger partial charge in [-0.25, -0.2) is 0 Å². The monoisotopic (exact) mass is 408 g/mol. The number of nitrogens with zero attached hydrogens (tertiary/aromatic N) is 1. The highest BCUT2D eigenvalue weighted by Crippen LogP contribution is 2.28. The molecule has 4 nitrogen and oxygen atoms in total. The molecule has 0 aliphatic carbocycles. The van der Waals surface area contributed by atoms with Gasteiger partial charge in [0.25, 0.3) is 5.91 Å². The van der Waals surface area contributed by atoms with Gasteiger partial charge in [-0.15, -0.1) is 0 Å². The van der Waals surface area contributed by atoms with Crippen LogP contribution in [-0.2, 0) is 13.0 Å². The number of carbonyl (C=O) groups excluding carboxylic acids is 1. The molecular weight excluding hydrogens is 388 g/mol. The maximum absolute atomic E-state index is 12.5. The number of fused-ring (bicyclic) bond motifs is 1. The molecule has 24 heavy (non-hydrogen) atoms. The van der Waals surface area contributed by atoms with E-state index in [1.165, 1.54) is 22.5 Å². The van der Waals surface area contributed by atoms with Crippen molar-refractivity contribution in [3.8, 4) is 0 Å². The second kappa shape index (κ2) is 6.96. The zero-order valence-electron chi connectivity index (χ0n) is 13.8. The van der Waals surface area contributed by atoms with Crippen LogP contribution in [-0.4, -0.2) is 34.6 Å². The first-order valence-electron chi connectivity index (χ1n) is 7.92. The fourth-order valence-electron chi connectivity index (χ4n) is 3.10. The van der Waals surface area contributed by atoms with Gasteiger partial charge in [0.2, 0.25) is 0 Å². The number of benzene rings is 1. The molecule has 2 N–H and O–H groups in total. The molecule has 1 amide bonds. The van der Waals surface area contributed by atoms with Gasteiger partial charge in [0.05, 0.1) is 11.2 Å². The van der Waals surface area contributed by atoms with Crippen molar-refractivity contribution in [1.29, 1.82) is 0 Å². The van der Waals surface area contributed by atoms with E-state index in [1.807, 2.05) is 36.7 Å². The predicted molar refractivity (Wildman–Crippen MR) is 102 cm³/mol. The third-order valence-corrected chi connectivity index (χ3v) is 5.77. The first-order chi connectivity index (χ1) is 11.3. The lowest BCUT2D eigenvalue weighted by Crippen LogP contribution is -2.41. The van der Waals surface area contributed by atoms with Gasteiger partial charge in [-0.1, -0.05) is 12.1 Å². The molecule has 0 bridgehead atoms.